The van der Waals surface area contributed by atoms with E-state index in [2.05, 4.69) is 10.1 Å². The van der Waals surface area contributed by atoms with Crippen LogP contribution in [0.25, 0.3) is 0 Å². The Kier molecular flexibility index (Phi) is 4.05. The Balaban J connectivity index is 3.45. The molecule has 1 N–H and O–H groups in total. The summed E-state index contributed by atoms with van der Waals surface area (Å²) in [6.45, 7) is 2.50. The molecule has 0 saturated carbocycles. The summed E-state index contributed by atoms with van der Waals surface area (Å²) in [6.07, 6.45) is 0. The van der Waals surface area contributed by atoms with Crippen molar-refractivity contribution < 1.29 is 9.53 Å². The predicted molar refractivity (Wildman–Crippen MR) is 35.1 cm³/mol. The van der Waals surface area contributed by atoms with Crippen LogP contribution in [-0.2, 0) is 9.53 Å². The van der Waals surface area contributed by atoms with E-state index in [1.807, 2.05) is 6.92 Å². The molecule has 0 rings (SSSR count). The van der Waals surface area contributed by atoms with Gasteiger partial charge in [-0.25, -0.2) is 0 Å². The predicted octanol–water partition coefficient (Wildman–Crippen LogP) is 0.0149. The number of esters is 1. The number of hydrogen-bond acceptors (Lipinski definition) is 3. The van der Waals surface area contributed by atoms with E-state index in [1.165, 1.54) is 7.11 Å². The van der Waals surface area contributed by atoms with E-state index in [1.54, 1.807) is 7.05 Å². The van der Waals surface area contributed by atoms with Crippen LogP contribution in [0.5, 0.6) is 0 Å². The highest BCUT2D eigenvalue weighted by atomic mass is 16.5. The summed E-state index contributed by atoms with van der Waals surface area (Å²) >= 11 is 0. The Morgan fingerprint density at radius 2 is 2.33 bits per heavy atom. The third-order valence-corrected chi connectivity index (χ3v) is 1.11. The number of nitrogens with one attached hydrogen (secondary N) is 1. The second-order valence-corrected chi connectivity index (χ2v) is 1.98. The molecule has 0 amide bonds. The minimum atomic E-state index is -0.163. The van der Waals surface area contributed by atoms with Crippen LogP contribution >= 0.6 is 0 Å². The fraction of sp³-hybridized carbons (Fsp3) is 0.833. The molecular formula is C6H13NO2. The first-order valence-corrected chi connectivity index (χ1v) is 2.94. The number of rotatable bonds is 3. The highest BCUT2D eigenvalue weighted by Crippen LogP contribution is 1.93. The van der Waals surface area contributed by atoms with Crippen molar-refractivity contribution in [1.82, 2.24) is 5.32 Å². The summed E-state index contributed by atoms with van der Waals surface area (Å²) in [5.41, 5.74) is 0. The lowest BCUT2D eigenvalue weighted by Gasteiger charge is -2.06. The molecule has 0 radical (unpaired) electrons. The Labute approximate surface area is 55.4 Å². The van der Waals surface area contributed by atoms with E-state index < -0.39 is 0 Å². The largest absolute Gasteiger partial charge is 0.469 e. The molecule has 0 aliphatic heterocycles. The number of carbonyl (C=O) groups excluding carboxylic acids is 1. The van der Waals surface area contributed by atoms with Gasteiger partial charge in [0, 0.05) is 6.54 Å². The summed E-state index contributed by atoms with van der Waals surface area (Å²) < 4.78 is 4.49. The zero-order valence-corrected chi connectivity index (χ0v) is 6.10. The molecule has 0 aliphatic carbocycles. The van der Waals surface area contributed by atoms with Crippen LogP contribution in [0.2, 0.25) is 0 Å². The van der Waals surface area contributed by atoms with Gasteiger partial charge in [-0.15, -0.1) is 0 Å². The summed E-state index contributed by atoms with van der Waals surface area (Å²) in [7, 11) is 3.20. The summed E-state index contributed by atoms with van der Waals surface area (Å²) in [4.78, 5) is 10.6. The molecule has 9 heavy (non-hydrogen) atoms. The summed E-state index contributed by atoms with van der Waals surface area (Å²) in [6, 6.07) is 0. The Morgan fingerprint density at radius 1 is 1.78 bits per heavy atom. The van der Waals surface area contributed by atoms with Gasteiger partial charge in [-0.1, -0.05) is 6.92 Å². The zero-order chi connectivity index (χ0) is 7.28. The van der Waals surface area contributed by atoms with E-state index >= 15 is 0 Å². The SMILES string of the molecule is CNC[C@@H](C)C(=O)OC. The number of carbonyl (C=O) groups is 1. The molecule has 54 valence electrons. The van der Waals surface area contributed by atoms with Gasteiger partial charge in [0.1, 0.15) is 0 Å². The van der Waals surface area contributed by atoms with Crippen LogP contribution in [0.4, 0.5) is 0 Å². The third kappa shape index (κ3) is 3.08. The van der Waals surface area contributed by atoms with Crippen molar-refractivity contribution in [2.45, 2.75) is 6.92 Å². The van der Waals surface area contributed by atoms with Gasteiger partial charge in [-0.05, 0) is 7.05 Å². The minimum absolute atomic E-state index is 0.0417. The lowest BCUT2D eigenvalue weighted by Crippen LogP contribution is -2.24. The first-order valence-electron chi connectivity index (χ1n) is 2.94. The first-order chi connectivity index (χ1) is 4.22. The molecule has 0 heterocycles. The lowest BCUT2D eigenvalue weighted by molar-refractivity contribution is -0.144. The zero-order valence-electron chi connectivity index (χ0n) is 6.10. The smallest absolute Gasteiger partial charge is 0.309 e. The molecule has 3 heteroatoms. The van der Waals surface area contributed by atoms with Crippen LogP contribution < -0.4 is 5.32 Å². The van der Waals surface area contributed by atoms with Crippen molar-refractivity contribution in [2.24, 2.45) is 5.92 Å². The second kappa shape index (κ2) is 4.32. The van der Waals surface area contributed by atoms with Crippen molar-refractivity contribution in [3.05, 3.63) is 0 Å². The molecule has 1 atom stereocenters. The van der Waals surface area contributed by atoms with Gasteiger partial charge in [0.2, 0.25) is 0 Å². The van der Waals surface area contributed by atoms with Crippen LogP contribution in [-0.4, -0.2) is 26.7 Å². The van der Waals surface area contributed by atoms with E-state index in [-0.39, 0.29) is 11.9 Å². The molecule has 0 spiro atoms. The average molecular weight is 131 g/mol. The Morgan fingerprint density at radius 3 is 2.67 bits per heavy atom. The van der Waals surface area contributed by atoms with E-state index in [0.29, 0.717) is 6.54 Å². The second-order valence-electron chi connectivity index (χ2n) is 1.98. The van der Waals surface area contributed by atoms with E-state index in [4.69, 9.17) is 0 Å². The molecule has 3 nitrogen and oxygen atoms in total. The van der Waals surface area contributed by atoms with Gasteiger partial charge in [0.05, 0.1) is 13.0 Å². The van der Waals surface area contributed by atoms with Gasteiger partial charge < -0.3 is 10.1 Å². The molecule has 0 saturated heterocycles. The summed E-state index contributed by atoms with van der Waals surface area (Å²) in [5.74, 6) is -0.204. The van der Waals surface area contributed by atoms with Crippen molar-refractivity contribution in [3.63, 3.8) is 0 Å². The van der Waals surface area contributed by atoms with Gasteiger partial charge in [0.15, 0.2) is 0 Å². The standard InChI is InChI=1S/C6H13NO2/c1-5(4-7-2)6(8)9-3/h5,7H,4H2,1-3H3/t5-/m1/s1. The van der Waals surface area contributed by atoms with Gasteiger partial charge in [-0.2, -0.15) is 0 Å². The van der Waals surface area contributed by atoms with Crippen LogP contribution in [0, 0.1) is 5.92 Å². The molecule has 0 fully saturated rings. The number of ether oxygens (including phenoxy) is 1. The molecule has 0 aliphatic rings. The number of hydrogen-bond donors (Lipinski definition) is 1. The quantitative estimate of drug-likeness (QED) is 0.548. The normalized spacial score (nSPS) is 12.8. The Bertz CT molecular complexity index is 93.1. The van der Waals surface area contributed by atoms with Crippen molar-refractivity contribution in [1.29, 1.82) is 0 Å². The highest BCUT2D eigenvalue weighted by Gasteiger charge is 2.10. The third-order valence-electron chi connectivity index (χ3n) is 1.11. The average Bonchev–Trinajstić information content (AvgIpc) is 1.87. The van der Waals surface area contributed by atoms with Gasteiger partial charge in [-0.3, -0.25) is 4.79 Å². The van der Waals surface area contributed by atoms with Crippen molar-refractivity contribution >= 4 is 5.97 Å². The first kappa shape index (κ1) is 8.43. The minimum Gasteiger partial charge on any atom is -0.469 e. The molecule has 0 unspecified atom stereocenters. The maximum atomic E-state index is 10.6. The Hall–Kier alpha value is -0.570. The fourth-order valence-electron chi connectivity index (χ4n) is 0.591. The topological polar surface area (TPSA) is 38.3 Å². The molecule has 0 aromatic heterocycles. The maximum absolute atomic E-state index is 10.6. The van der Waals surface area contributed by atoms with Crippen molar-refractivity contribution in [2.75, 3.05) is 20.7 Å². The van der Waals surface area contributed by atoms with Crippen molar-refractivity contribution in [3.8, 4) is 0 Å². The summed E-state index contributed by atoms with van der Waals surface area (Å²) in [5, 5.41) is 2.88. The highest BCUT2D eigenvalue weighted by molar-refractivity contribution is 5.71. The molecule has 0 aromatic carbocycles. The monoisotopic (exact) mass is 131 g/mol. The van der Waals surface area contributed by atoms with Crippen LogP contribution in [0.15, 0.2) is 0 Å². The number of methoxy groups -OCH3 is 1. The molecule has 0 bridgehead atoms. The molecular weight excluding hydrogens is 118 g/mol. The fourth-order valence-corrected chi connectivity index (χ4v) is 0.591. The lowest BCUT2D eigenvalue weighted by atomic mass is 10.2. The van der Waals surface area contributed by atoms with E-state index in [9.17, 15) is 4.79 Å². The van der Waals surface area contributed by atoms with Gasteiger partial charge in [0.25, 0.3) is 0 Å². The molecule has 0 aromatic rings. The van der Waals surface area contributed by atoms with Crippen LogP contribution in [0.1, 0.15) is 6.92 Å². The maximum Gasteiger partial charge on any atom is 0.309 e. The van der Waals surface area contributed by atoms with Gasteiger partial charge >= 0.3 is 5.97 Å². The van der Waals surface area contributed by atoms with E-state index in [0.717, 1.165) is 0 Å². The van der Waals surface area contributed by atoms with Crippen LogP contribution in [0.3, 0.4) is 0 Å².